The third-order valence-corrected chi connectivity index (χ3v) is 4.13. The zero-order valence-electron chi connectivity index (χ0n) is 17.0. The first-order valence-corrected chi connectivity index (χ1v) is 9.10. The largest absolute Gasteiger partial charge is 0.455 e. The lowest BCUT2D eigenvalue weighted by molar-refractivity contribution is -0.277. The van der Waals surface area contributed by atoms with E-state index >= 15 is 0 Å². The van der Waals surface area contributed by atoms with Gasteiger partial charge in [0.15, 0.2) is 0 Å². The van der Waals surface area contributed by atoms with Crippen LogP contribution in [0.2, 0.25) is 0 Å². The molecule has 1 aliphatic rings. The average molecular weight is 431 g/mol. The van der Waals surface area contributed by atoms with E-state index < -0.39 is 47.2 Å². The monoisotopic (exact) mass is 431 g/mol. The predicted octanol–water partition coefficient (Wildman–Crippen LogP) is 3.79. The van der Waals surface area contributed by atoms with Gasteiger partial charge >= 0.3 is 18.2 Å². The average Bonchev–Trinajstić information content (AvgIpc) is 3.07. The van der Waals surface area contributed by atoms with Crippen molar-refractivity contribution in [3.8, 4) is 0 Å². The topological polar surface area (TPSA) is 83.1 Å². The van der Waals surface area contributed by atoms with Crippen LogP contribution >= 0.6 is 0 Å². The molecule has 2 rings (SSSR count). The third-order valence-electron chi connectivity index (χ3n) is 4.13. The molecular formula is C20H24F3NO6. The number of hydroxylamine groups is 1. The summed E-state index contributed by atoms with van der Waals surface area (Å²) in [4.78, 5) is 29.3. The lowest BCUT2D eigenvalue weighted by Crippen LogP contribution is -2.52. The van der Waals surface area contributed by atoms with Gasteiger partial charge in [0.25, 0.3) is 5.60 Å². The number of hydrogen-bond acceptors (Lipinski definition) is 6. The minimum atomic E-state index is -5.06. The number of carbonyl (C=O) groups is 2. The number of nitrogens with one attached hydrogen (secondary N) is 1. The molecule has 0 heterocycles. The molecule has 0 fully saturated rings. The fourth-order valence-corrected chi connectivity index (χ4v) is 2.84. The Balaban J connectivity index is 2.03. The second kappa shape index (κ2) is 9.05. The highest BCUT2D eigenvalue weighted by Gasteiger charge is 2.64. The number of carbonyl (C=O) groups excluding carboxylic acids is 2. The first-order valence-electron chi connectivity index (χ1n) is 9.10. The Kier molecular flexibility index (Phi) is 7.14. The summed E-state index contributed by atoms with van der Waals surface area (Å²) in [6, 6.07) is 6.53. The smallest absolute Gasteiger partial charge is 0.432 e. The summed E-state index contributed by atoms with van der Waals surface area (Å²) in [6.07, 6.45) is -4.75. The molecule has 3 atom stereocenters. The molecule has 30 heavy (non-hydrogen) atoms. The maximum absolute atomic E-state index is 13.9. The lowest BCUT2D eigenvalue weighted by atomic mass is 9.92. The van der Waals surface area contributed by atoms with Gasteiger partial charge in [0.05, 0.1) is 0 Å². The summed E-state index contributed by atoms with van der Waals surface area (Å²) in [5.41, 5.74) is -2.30. The molecule has 1 aromatic carbocycles. The molecule has 7 nitrogen and oxygen atoms in total. The normalized spacial score (nSPS) is 21.0. The van der Waals surface area contributed by atoms with Gasteiger partial charge in [-0.25, -0.2) is 9.59 Å². The molecule has 0 aliphatic heterocycles. The van der Waals surface area contributed by atoms with Gasteiger partial charge in [0, 0.05) is 19.1 Å². The van der Waals surface area contributed by atoms with Crippen LogP contribution in [0, 0.1) is 0 Å². The molecule has 0 bridgehead atoms. The number of halogens is 3. The van der Waals surface area contributed by atoms with Gasteiger partial charge in [-0.1, -0.05) is 36.4 Å². The number of methoxy groups -OCH3 is 1. The van der Waals surface area contributed by atoms with E-state index in [0.29, 0.717) is 0 Å². The van der Waals surface area contributed by atoms with Gasteiger partial charge in [0.2, 0.25) is 0 Å². The van der Waals surface area contributed by atoms with Gasteiger partial charge in [-0.2, -0.15) is 18.7 Å². The molecule has 0 radical (unpaired) electrons. The molecule has 0 aromatic heterocycles. The summed E-state index contributed by atoms with van der Waals surface area (Å²) >= 11 is 0. The van der Waals surface area contributed by atoms with Crippen molar-refractivity contribution in [1.29, 1.82) is 0 Å². The standard InChI is InChI=1S/C20H24F3NO6/c1-18(2,3)29-17(26)24-30-15-11-10-14(12-15)28-16(25)19(27-4,20(21,22)23)13-8-6-5-7-9-13/h5-11,14-15H,12H2,1-4H3,(H,24,26)/t14-,15-,19?/m0/s1. The first-order chi connectivity index (χ1) is 13.9. The number of benzene rings is 1. The number of alkyl halides is 3. The maximum Gasteiger partial charge on any atom is 0.432 e. The molecule has 1 aromatic rings. The van der Waals surface area contributed by atoms with Gasteiger partial charge in [-0.3, -0.25) is 4.84 Å². The molecule has 0 saturated carbocycles. The van der Waals surface area contributed by atoms with Crippen LogP contribution in [0.25, 0.3) is 0 Å². The number of esters is 1. The SMILES string of the molecule is COC(C(=O)O[C@H]1C=C[C@H](ONC(=O)OC(C)(C)C)C1)(c1ccccc1)C(F)(F)F. The Morgan fingerprint density at radius 1 is 1.03 bits per heavy atom. The van der Waals surface area contributed by atoms with E-state index in [1.165, 1.54) is 30.4 Å². The van der Waals surface area contributed by atoms with Crippen LogP contribution in [0.3, 0.4) is 0 Å². The second-order valence-corrected chi connectivity index (χ2v) is 7.57. The Hall–Kier alpha value is -2.59. The van der Waals surface area contributed by atoms with Crippen molar-refractivity contribution in [3.05, 3.63) is 48.0 Å². The fraction of sp³-hybridized carbons (Fsp3) is 0.500. The molecule has 1 N–H and O–H groups in total. The van der Waals surface area contributed by atoms with Crippen molar-refractivity contribution in [2.75, 3.05) is 7.11 Å². The molecule has 1 unspecified atom stereocenters. The molecular weight excluding hydrogens is 407 g/mol. The van der Waals surface area contributed by atoms with Crippen LogP contribution in [0.5, 0.6) is 0 Å². The van der Waals surface area contributed by atoms with Crippen molar-refractivity contribution >= 4 is 12.1 Å². The van der Waals surface area contributed by atoms with Crippen LogP contribution in [0.4, 0.5) is 18.0 Å². The summed E-state index contributed by atoms with van der Waals surface area (Å²) in [6.45, 7) is 5.02. The molecule has 0 saturated heterocycles. The summed E-state index contributed by atoms with van der Waals surface area (Å²) in [5.74, 6) is -1.60. The Bertz CT molecular complexity index is 775. The first kappa shape index (κ1) is 23.7. The van der Waals surface area contributed by atoms with Crippen molar-refractivity contribution in [2.24, 2.45) is 0 Å². The number of ether oxygens (including phenoxy) is 3. The Labute approximate surface area is 172 Å². The van der Waals surface area contributed by atoms with Crippen molar-refractivity contribution in [1.82, 2.24) is 5.48 Å². The lowest BCUT2D eigenvalue weighted by Gasteiger charge is -2.33. The van der Waals surface area contributed by atoms with Crippen LogP contribution in [0.1, 0.15) is 32.8 Å². The molecule has 10 heteroatoms. The summed E-state index contributed by atoms with van der Waals surface area (Å²) < 4.78 is 56.4. The van der Waals surface area contributed by atoms with Gasteiger partial charge in [0.1, 0.15) is 17.8 Å². The van der Waals surface area contributed by atoms with Crippen LogP contribution < -0.4 is 5.48 Å². The second-order valence-electron chi connectivity index (χ2n) is 7.57. The zero-order valence-corrected chi connectivity index (χ0v) is 17.0. The molecule has 0 spiro atoms. The fourth-order valence-electron chi connectivity index (χ4n) is 2.84. The predicted molar refractivity (Wildman–Crippen MR) is 99.1 cm³/mol. The highest BCUT2D eigenvalue weighted by Crippen LogP contribution is 2.43. The molecule has 1 aliphatic carbocycles. The number of amides is 1. The number of hydrogen-bond donors (Lipinski definition) is 1. The maximum atomic E-state index is 13.9. The van der Waals surface area contributed by atoms with Crippen molar-refractivity contribution < 1.29 is 41.8 Å². The van der Waals surface area contributed by atoms with Crippen LogP contribution in [-0.4, -0.2) is 43.2 Å². The molecule has 1 amide bonds. The minimum absolute atomic E-state index is 0.00792. The summed E-state index contributed by atoms with van der Waals surface area (Å²) in [5, 5.41) is 0. The zero-order chi connectivity index (χ0) is 22.6. The van der Waals surface area contributed by atoms with Gasteiger partial charge in [-0.05, 0) is 26.8 Å². The highest BCUT2D eigenvalue weighted by atomic mass is 19.4. The van der Waals surface area contributed by atoms with E-state index in [9.17, 15) is 22.8 Å². The number of rotatable bonds is 6. The summed E-state index contributed by atoms with van der Waals surface area (Å²) in [7, 11) is 0.795. The van der Waals surface area contributed by atoms with Crippen molar-refractivity contribution in [2.45, 2.75) is 56.8 Å². The quantitative estimate of drug-likeness (QED) is 0.419. The minimum Gasteiger partial charge on any atom is -0.455 e. The molecule has 166 valence electrons. The van der Waals surface area contributed by atoms with Gasteiger partial charge < -0.3 is 14.2 Å². The van der Waals surface area contributed by atoms with E-state index in [1.54, 1.807) is 20.8 Å². The van der Waals surface area contributed by atoms with Gasteiger partial charge in [-0.15, -0.1) is 0 Å². The van der Waals surface area contributed by atoms with E-state index in [1.807, 2.05) is 0 Å². The van der Waals surface area contributed by atoms with E-state index in [-0.39, 0.29) is 6.42 Å². The highest BCUT2D eigenvalue weighted by molar-refractivity contribution is 5.83. The van der Waals surface area contributed by atoms with Crippen molar-refractivity contribution in [3.63, 3.8) is 0 Å². The Morgan fingerprint density at radius 2 is 1.63 bits per heavy atom. The van der Waals surface area contributed by atoms with E-state index in [2.05, 4.69) is 10.2 Å². The Morgan fingerprint density at radius 3 is 2.17 bits per heavy atom. The van der Waals surface area contributed by atoms with Crippen LogP contribution in [-0.2, 0) is 29.4 Å². The van der Waals surface area contributed by atoms with Crippen LogP contribution in [0.15, 0.2) is 42.5 Å². The third kappa shape index (κ3) is 5.51. The van der Waals surface area contributed by atoms with E-state index in [4.69, 9.17) is 14.3 Å². The van der Waals surface area contributed by atoms with E-state index in [0.717, 1.165) is 19.2 Å².